The molecule has 12 heteroatoms. The van der Waals surface area contributed by atoms with Gasteiger partial charge in [0.2, 0.25) is 0 Å². The van der Waals surface area contributed by atoms with E-state index in [4.69, 9.17) is 5.11 Å². The van der Waals surface area contributed by atoms with Crippen molar-refractivity contribution < 1.29 is 19.5 Å². The molecule has 2 aliphatic rings. The molecule has 2 unspecified atom stereocenters. The minimum absolute atomic E-state index is 0.0181. The van der Waals surface area contributed by atoms with Gasteiger partial charge in [-0.1, -0.05) is 48.5 Å². The SMILES string of the molecule is O=C(NCC1c2ccccc2-c2cncn21)Nc1ccc(-c2ccc3c(c2)-c2cncn2C3CNC(=O)Nc2ccc(C(=O)O)cc2)cc1. The number of carbonyl (C=O) groups is 3. The lowest BCUT2D eigenvalue weighted by Crippen LogP contribution is -2.33. The van der Waals surface area contributed by atoms with Crippen molar-refractivity contribution in [2.75, 3.05) is 23.7 Å². The summed E-state index contributed by atoms with van der Waals surface area (Å²) < 4.78 is 4.13. The van der Waals surface area contributed by atoms with Crippen LogP contribution in [0.25, 0.3) is 33.6 Å². The Labute approximate surface area is 280 Å². The highest BCUT2D eigenvalue weighted by molar-refractivity contribution is 5.92. The zero-order valence-corrected chi connectivity index (χ0v) is 26.0. The van der Waals surface area contributed by atoms with Crippen molar-refractivity contribution in [3.05, 3.63) is 133 Å². The topological polar surface area (TPSA) is 155 Å². The zero-order valence-electron chi connectivity index (χ0n) is 26.0. The fourth-order valence-electron chi connectivity index (χ4n) is 6.68. The first-order valence-corrected chi connectivity index (χ1v) is 15.7. The molecule has 0 aliphatic carbocycles. The second-order valence-electron chi connectivity index (χ2n) is 11.9. The summed E-state index contributed by atoms with van der Waals surface area (Å²) in [6, 6.07) is 27.3. The van der Waals surface area contributed by atoms with Crippen molar-refractivity contribution in [2.24, 2.45) is 0 Å². The van der Waals surface area contributed by atoms with Gasteiger partial charge in [-0.2, -0.15) is 0 Å². The molecule has 0 radical (unpaired) electrons. The van der Waals surface area contributed by atoms with E-state index in [0.717, 1.165) is 44.8 Å². The summed E-state index contributed by atoms with van der Waals surface area (Å²) in [6.07, 6.45) is 7.23. The van der Waals surface area contributed by atoms with E-state index in [-0.39, 0.29) is 23.7 Å². The molecule has 242 valence electrons. The second kappa shape index (κ2) is 12.2. The van der Waals surface area contributed by atoms with Crippen molar-refractivity contribution in [1.29, 1.82) is 0 Å². The van der Waals surface area contributed by atoms with Crippen molar-refractivity contribution in [2.45, 2.75) is 12.1 Å². The summed E-state index contributed by atoms with van der Waals surface area (Å²) in [5.74, 6) is -1.03. The first kappa shape index (κ1) is 29.7. The van der Waals surface area contributed by atoms with Gasteiger partial charge in [-0.15, -0.1) is 0 Å². The van der Waals surface area contributed by atoms with Gasteiger partial charge in [0.15, 0.2) is 0 Å². The third kappa shape index (κ3) is 5.54. The van der Waals surface area contributed by atoms with Gasteiger partial charge in [0.05, 0.1) is 54.1 Å². The number of nitrogens with one attached hydrogen (secondary N) is 4. The highest BCUT2D eigenvalue weighted by Gasteiger charge is 2.30. The molecule has 0 saturated heterocycles. The Morgan fingerprint density at radius 2 is 1.16 bits per heavy atom. The predicted octanol–water partition coefficient (Wildman–Crippen LogP) is 6.23. The Balaban J connectivity index is 0.903. The lowest BCUT2D eigenvalue weighted by atomic mass is 9.96. The van der Waals surface area contributed by atoms with Crippen molar-refractivity contribution in [3.8, 4) is 33.6 Å². The summed E-state index contributed by atoms with van der Waals surface area (Å²) in [4.78, 5) is 45.2. The number of carboxylic acid groups (broad SMARTS) is 1. The number of hydrogen-bond donors (Lipinski definition) is 5. The normalized spacial score (nSPS) is 15.0. The molecule has 12 nitrogen and oxygen atoms in total. The molecular weight excluding hydrogens is 620 g/mol. The van der Waals surface area contributed by atoms with Crippen LogP contribution >= 0.6 is 0 Å². The number of aromatic nitrogens is 4. The van der Waals surface area contributed by atoms with Crippen LogP contribution in [-0.4, -0.2) is 55.3 Å². The maximum atomic E-state index is 12.9. The largest absolute Gasteiger partial charge is 0.478 e. The predicted molar refractivity (Wildman–Crippen MR) is 184 cm³/mol. The molecule has 0 bridgehead atoms. The van der Waals surface area contributed by atoms with E-state index in [9.17, 15) is 14.4 Å². The van der Waals surface area contributed by atoms with Crippen LogP contribution in [0.1, 0.15) is 33.6 Å². The molecule has 0 spiro atoms. The number of urea groups is 2. The number of nitrogens with zero attached hydrogens (tertiary/aromatic N) is 4. The molecule has 6 aromatic rings. The molecule has 2 aromatic heterocycles. The Bertz CT molecular complexity index is 2220. The number of benzene rings is 4. The number of fused-ring (bicyclic) bond motifs is 6. The quantitative estimate of drug-likeness (QED) is 0.132. The summed E-state index contributed by atoms with van der Waals surface area (Å²) in [5, 5.41) is 20.7. The first-order chi connectivity index (χ1) is 23.9. The Hall–Kier alpha value is -6.69. The summed E-state index contributed by atoms with van der Waals surface area (Å²) in [6.45, 7) is 0.757. The number of carbonyl (C=O) groups excluding carboxylic acids is 2. The molecule has 2 atom stereocenters. The number of anilines is 2. The molecule has 5 N–H and O–H groups in total. The highest BCUT2D eigenvalue weighted by atomic mass is 16.4. The summed E-state index contributed by atoms with van der Waals surface area (Å²) >= 11 is 0. The molecule has 4 amide bonds. The molecule has 4 aromatic carbocycles. The second-order valence-corrected chi connectivity index (χ2v) is 11.9. The minimum atomic E-state index is -1.03. The average molecular weight is 651 g/mol. The van der Waals surface area contributed by atoms with E-state index in [1.165, 1.54) is 12.1 Å². The Morgan fingerprint density at radius 1 is 0.633 bits per heavy atom. The van der Waals surface area contributed by atoms with E-state index >= 15 is 0 Å². The van der Waals surface area contributed by atoms with Gasteiger partial charge < -0.3 is 35.5 Å². The number of imidazole rings is 2. The Morgan fingerprint density at radius 3 is 1.78 bits per heavy atom. The van der Waals surface area contributed by atoms with E-state index in [1.807, 2.05) is 53.4 Å². The van der Waals surface area contributed by atoms with Gasteiger partial charge in [-0.25, -0.2) is 24.4 Å². The number of carboxylic acids is 1. The van der Waals surface area contributed by atoms with Crippen molar-refractivity contribution in [1.82, 2.24) is 29.7 Å². The lowest BCUT2D eigenvalue weighted by molar-refractivity contribution is 0.0697. The monoisotopic (exact) mass is 650 g/mol. The maximum Gasteiger partial charge on any atom is 0.335 e. The molecule has 2 aliphatic heterocycles. The van der Waals surface area contributed by atoms with Crippen LogP contribution in [0.4, 0.5) is 21.0 Å². The van der Waals surface area contributed by atoms with Crippen LogP contribution in [0, 0.1) is 0 Å². The van der Waals surface area contributed by atoms with Gasteiger partial charge >= 0.3 is 18.0 Å². The van der Waals surface area contributed by atoms with E-state index < -0.39 is 12.0 Å². The number of amides is 4. The van der Waals surface area contributed by atoms with Crippen LogP contribution in [0.5, 0.6) is 0 Å². The van der Waals surface area contributed by atoms with Crippen molar-refractivity contribution in [3.63, 3.8) is 0 Å². The van der Waals surface area contributed by atoms with Crippen molar-refractivity contribution >= 4 is 29.4 Å². The fraction of sp³-hybridized carbons (Fsp3) is 0.108. The smallest absolute Gasteiger partial charge is 0.335 e. The van der Waals surface area contributed by atoms with Crippen LogP contribution < -0.4 is 21.3 Å². The molecular formula is C37H30N8O4. The van der Waals surface area contributed by atoms with E-state index in [1.54, 1.807) is 24.8 Å². The summed E-state index contributed by atoms with van der Waals surface area (Å²) in [7, 11) is 0. The van der Waals surface area contributed by atoms with Crippen LogP contribution in [-0.2, 0) is 0 Å². The number of rotatable bonds is 8. The molecule has 49 heavy (non-hydrogen) atoms. The van der Waals surface area contributed by atoms with Gasteiger partial charge in [0, 0.05) is 35.6 Å². The van der Waals surface area contributed by atoms with Gasteiger partial charge in [-0.3, -0.25) is 0 Å². The van der Waals surface area contributed by atoms with E-state index in [2.05, 4.69) is 66.1 Å². The lowest BCUT2D eigenvalue weighted by Gasteiger charge is -2.17. The molecule has 0 fully saturated rings. The van der Waals surface area contributed by atoms with Crippen LogP contribution in [0.2, 0.25) is 0 Å². The Kier molecular flexibility index (Phi) is 7.37. The molecule has 8 rings (SSSR count). The number of hydrogen-bond acceptors (Lipinski definition) is 5. The van der Waals surface area contributed by atoms with Crippen LogP contribution in [0.3, 0.4) is 0 Å². The van der Waals surface area contributed by atoms with Gasteiger partial charge in [0.1, 0.15) is 0 Å². The minimum Gasteiger partial charge on any atom is -0.478 e. The average Bonchev–Trinajstić information content (AvgIpc) is 3.90. The summed E-state index contributed by atoms with van der Waals surface area (Å²) in [5.41, 5.74) is 9.72. The molecule has 4 heterocycles. The fourth-order valence-corrected chi connectivity index (χ4v) is 6.68. The third-order valence-electron chi connectivity index (χ3n) is 9.07. The third-order valence-corrected chi connectivity index (χ3v) is 9.07. The van der Waals surface area contributed by atoms with Gasteiger partial charge in [-0.05, 0) is 64.7 Å². The van der Waals surface area contributed by atoms with E-state index in [0.29, 0.717) is 24.5 Å². The number of aromatic carboxylic acids is 1. The highest BCUT2D eigenvalue weighted by Crippen LogP contribution is 2.41. The van der Waals surface area contributed by atoms with Crippen LogP contribution in [0.15, 0.2) is 116 Å². The standard InChI is InChI=1S/C37H30N8O4/c46-35(47)23-7-12-26(13-8-23)43-37(49)41-19-34-29-14-9-24(15-30(29)32-17-39-21-45(32)34)22-5-10-25(11-6-22)42-36(48)40-18-33-28-4-2-1-3-27(28)31-16-38-20-44(31)33/h1-17,20-21,33-34H,18-19H2,(H,46,47)(H2,40,42,48)(H2,41,43,49). The first-order valence-electron chi connectivity index (χ1n) is 15.7. The molecule has 0 saturated carbocycles. The maximum absolute atomic E-state index is 12.9. The van der Waals surface area contributed by atoms with Gasteiger partial charge in [0.25, 0.3) is 0 Å². The zero-order chi connectivity index (χ0) is 33.5.